The van der Waals surface area contributed by atoms with Crippen molar-refractivity contribution in [3.05, 3.63) is 36.0 Å². The second-order valence-electron chi connectivity index (χ2n) is 5.69. The Morgan fingerprint density at radius 3 is 3.05 bits per heavy atom. The van der Waals surface area contributed by atoms with Gasteiger partial charge in [0.15, 0.2) is 0 Å². The average Bonchev–Trinajstić information content (AvgIpc) is 3.12. The van der Waals surface area contributed by atoms with Crippen molar-refractivity contribution in [1.82, 2.24) is 9.88 Å². The molecule has 2 atom stereocenters. The SMILES string of the molecule is CN(C(=O)c1ccc2[nH]ccc2c1)C1CCCC1CN. The molecule has 2 aromatic rings. The van der Waals surface area contributed by atoms with Crippen molar-refractivity contribution in [3.8, 4) is 0 Å². The first-order valence-corrected chi connectivity index (χ1v) is 7.25. The highest BCUT2D eigenvalue weighted by molar-refractivity contribution is 5.98. The van der Waals surface area contributed by atoms with Crippen molar-refractivity contribution in [3.63, 3.8) is 0 Å². The summed E-state index contributed by atoms with van der Waals surface area (Å²) in [6, 6.07) is 8.09. The van der Waals surface area contributed by atoms with Gasteiger partial charge in [-0.3, -0.25) is 4.79 Å². The highest BCUT2D eigenvalue weighted by Gasteiger charge is 2.32. The number of nitrogens with zero attached hydrogens (tertiary/aromatic N) is 1. The molecule has 0 saturated heterocycles. The van der Waals surface area contributed by atoms with Gasteiger partial charge in [-0.25, -0.2) is 0 Å². The number of carbonyl (C=O) groups excluding carboxylic acids is 1. The van der Waals surface area contributed by atoms with Crippen LogP contribution in [0.25, 0.3) is 10.9 Å². The van der Waals surface area contributed by atoms with Crippen LogP contribution in [0.3, 0.4) is 0 Å². The molecule has 2 unspecified atom stereocenters. The lowest BCUT2D eigenvalue weighted by molar-refractivity contribution is 0.0700. The lowest BCUT2D eigenvalue weighted by Crippen LogP contribution is -2.41. The number of benzene rings is 1. The maximum absolute atomic E-state index is 12.6. The van der Waals surface area contributed by atoms with Crippen molar-refractivity contribution in [2.75, 3.05) is 13.6 Å². The fraction of sp³-hybridized carbons (Fsp3) is 0.438. The number of hydrogen-bond donors (Lipinski definition) is 2. The van der Waals surface area contributed by atoms with E-state index in [-0.39, 0.29) is 11.9 Å². The van der Waals surface area contributed by atoms with Gasteiger partial charge in [-0.05, 0) is 49.6 Å². The molecule has 1 aromatic carbocycles. The molecule has 3 N–H and O–H groups in total. The molecule has 1 aliphatic rings. The summed E-state index contributed by atoms with van der Waals surface area (Å²) < 4.78 is 0. The minimum Gasteiger partial charge on any atom is -0.361 e. The number of fused-ring (bicyclic) bond motifs is 1. The van der Waals surface area contributed by atoms with Crippen LogP contribution in [0.2, 0.25) is 0 Å². The first-order valence-electron chi connectivity index (χ1n) is 7.25. The van der Waals surface area contributed by atoms with Crippen molar-refractivity contribution in [2.45, 2.75) is 25.3 Å². The van der Waals surface area contributed by atoms with Crippen LogP contribution in [0.1, 0.15) is 29.6 Å². The molecule has 0 spiro atoms. The number of hydrogen-bond acceptors (Lipinski definition) is 2. The van der Waals surface area contributed by atoms with Gasteiger partial charge in [0.05, 0.1) is 0 Å². The Hall–Kier alpha value is -1.81. The van der Waals surface area contributed by atoms with Crippen molar-refractivity contribution >= 4 is 16.8 Å². The first-order chi connectivity index (χ1) is 9.70. The molecule has 0 radical (unpaired) electrons. The van der Waals surface area contributed by atoms with Crippen LogP contribution in [-0.2, 0) is 0 Å². The molecule has 1 fully saturated rings. The molecule has 1 amide bonds. The molecule has 1 aliphatic carbocycles. The molecule has 3 rings (SSSR count). The summed E-state index contributed by atoms with van der Waals surface area (Å²) >= 11 is 0. The predicted octanol–water partition coefficient (Wildman–Crippen LogP) is 2.37. The fourth-order valence-corrected chi connectivity index (χ4v) is 3.34. The largest absolute Gasteiger partial charge is 0.361 e. The normalized spacial score (nSPS) is 22.3. The van der Waals surface area contributed by atoms with Crippen LogP contribution < -0.4 is 5.73 Å². The Morgan fingerprint density at radius 2 is 2.25 bits per heavy atom. The van der Waals surface area contributed by atoms with E-state index in [4.69, 9.17) is 5.73 Å². The number of aromatic amines is 1. The van der Waals surface area contributed by atoms with Gasteiger partial charge in [-0.2, -0.15) is 0 Å². The van der Waals surface area contributed by atoms with Crippen molar-refractivity contribution in [1.29, 1.82) is 0 Å². The van der Waals surface area contributed by atoms with Crippen LogP contribution in [0.5, 0.6) is 0 Å². The van der Waals surface area contributed by atoms with Crippen molar-refractivity contribution < 1.29 is 4.79 Å². The van der Waals surface area contributed by atoms with E-state index in [0.29, 0.717) is 12.5 Å². The van der Waals surface area contributed by atoms with Gasteiger partial charge in [0.25, 0.3) is 5.91 Å². The minimum atomic E-state index is 0.0958. The number of nitrogens with one attached hydrogen (secondary N) is 1. The highest BCUT2D eigenvalue weighted by Crippen LogP contribution is 2.29. The quantitative estimate of drug-likeness (QED) is 0.900. The van der Waals surface area contributed by atoms with Gasteiger partial charge in [0, 0.05) is 35.8 Å². The lowest BCUT2D eigenvalue weighted by atomic mass is 10.0. The van der Waals surface area contributed by atoms with E-state index in [9.17, 15) is 4.79 Å². The third-order valence-electron chi connectivity index (χ3n) is 4.54. The Labute approximate surface area is 118 Å². The predicted molar refractivity (Wildman–Crippen MR) is 80.6 cm³/mol. The second-order valence-corrected chi connectivity index (χ2v) is 5.69. The molecule has 0 aliphatic heterocycles. The molecule has 1 aromatic heterocycles. The van der Waals surface area contributed by atoms with Gasteiger partial charge in [0.1, 0.15) is 0 Å². The molecule has 4 nitrogen and oxygen atoms in total. The van der Waals surface area contributed by atoms with Gasteiger partial charge in [-0.1, -0.05) is 6.42 Å². The number of nitrogens with two attached hydrogens (primary N) is 1. The van der Waals surface area contributed by atoms with E-state index in [1.54, 1.807) is 0 Å². The Morgan fingerprint density at radius 1 is 1.40 bits per heavy atom. The molecule has 1 heterocycles. The van der Waals surface area contributed by atoms with E-state index in [1.807, 2.05) is 42.4 Å². The second kappa shape index (κ2) is 5.29. The Balaban J connectivity index is 1.83. The number of H-pyrrole nitrogens is 1. The van der Waals surface area contributed by atoms with Crippen LogP contribution in [-0.4, -0.2) is 35.4 Å². The van der Waals surface area contributed by atoms with Crippen LogP contribution in [0, 0.1) is 5.92 Å². The highest BCUT2D eigenvalue weighted by atomic mass is 16.2. The Kier molecular flexibility index (Phi) is 3.49. The zero-order valence-corrected chi connectivity index (χ0v) is 11.8. The average molecular weight is 271 g/mol. The van der Waals surface area contributed by atoms with E-state index in [2.05, 4.69) is 4.98 Å². The monoisotopic (exact) mass is 271 g/mol. The molecular formula is C16H21N3O. The zero-order chi connectivity index (χ0) is 14.1. The van der Waals surface area contributed by atoms with E-state index in [0.717, 1.165) is 29.3 Å². The smallest absolute Gasteiger partial charge is 0.253 e. The fourth-order valence-electron chi connectivity index (χ4n) is 3.34. The van der Waals surface area contributed by atoms with Crippen LogP contribution >= 0.6 is 0 Å². The number of carbonyl (C=O) groups is 1. The Bertz CT molecular complexity index is 619. The molecule has 20 heavy (non-hydrogen) atoms. The molecular weight excluding hydrogens is 250 g/mol. The van der Waals surface area contributed by atoms with E-state index >= 15 is 0 Å². The number of aromatic nitrogens is 1. The summed E-state index contributed by atoms with van der Waals surface area (Å²) in [4.78, 5) is 17.7. The summed E-state index contributed by atoms with van der Waals surface area (Å²) in [5.74, 6) is 0.540. The van der Waals surface area contributed by atoms with Gasteiger partial charge in [0.2, 0.25) is 0 Å². The maximum Gasteiger partial charge on any atom is 0.253 e. The third-order valence-corrected chi connectivity index (χ3v) is 4.54. The number of rotatable bonds is 3. The number of amides is 1. The van der Waals surface area contributed by atoms with Gasteiger partial charge in [-0.15, -0.1) is 0 Å². The standard InChI is InChI=1S/C16H21N3O/c1-19(15-4-2-3-13(15)10-17)16(20)12-5-6-14-11(9-12)7-8-18-14/h5-9,13,15,18H,2-4,10,17H2,1H3. The lowest BCUT2D eigenvalue weighted by Gasteiger charge is -2.29. The summed E-state index contributed by atoms with van der Waals surface area (Å²) in [5.41, 5.74) is 7.63. The molecule has 4 heteroatoms. The zero-order valence-electron chi connectivity index (χ0n) is 11.8. The summed E-state index contributed by atoms with van der Waals surface area (Å²) in [7, 11) is 1.91. The minimum absolute atomic E-state index is 0.0958. The van der Waals surface area contributed by atoms with E-state index < -0.39 is 0 Å². The first kappa shape index (κ1) is 13.2. The van der Waals surface area contributed by atoms with Crippen LogP contribution in [0.15, 0.2) is 30.5 Å². The third kappa shape index (κ3) is 2.20. The molecule has 1 saturated carbocycles. The topological polar surface area (TPSA) is 62.1 Å². The van der Waals surface area contributed by atoms with Gasteiger partial charge >= 0.3 is 0 Å². The molecule has 106 valence electrons. The molecule has 0 bridgehead atoms. The summed E-state index contributed by atoms with van der Waals surface area (Å²) in [6.07, 6.45) is 5.26. The summed E-state index contributed by atoms with van der Waals surface area (Å²) in [6.45, 7) is 0.666. The maximum atomic E-state index is 12.6. The summed E-state index contributed by atoms with van der Waals surface area (Å²) in [5, 5.41) is 1.08. The van der Waals surface area contributed by atoms with Crippen molar-refractivity contribution in [2.24, 2.45) is 11.7 Å². The van der Waals surface area contributed by atoms with Gasteiger partial charge < -0.3 is 15.6 Å². The van der Waals surface area contributed by atoms with Crippen LogP contribution in [0.4, 0.5) is 0 Å². The van der Waals surface area contributed by atoms with E-state index in [1.165, 1.54) is 6.42 Å².